The Kier molecular flexibility index (Phi) is 7.60. The zero-order valence-corrected chi connectivity index (χ0v) is 23.1. The van der Waals surface area contributed by atoms with Gasteiger partial charge in [-0.3, -0.25) is 19.4 Å². The molecule has 1 aliphatic carbocycles. The van der Waals surface area contributed by atoms with Gasteiger partial charge in [0.15, 0.2) is 17.5 Å². The molecule has 1 aromatic carbocycles. The number of aliphatic imine (C=N–C) groups is 1. The highest BCUT2D eigenvalue weighted by atomic mass is 32.2. The van der Waals surface area contributed by atoms with Crippen molar-refractivity contribution in [3.63, 3.8) is 0 Å². The number of aromatic nitrogens is 1. The summed E-state index contributed by atoms with van der Waals surface area (Å²) in [6, 6.07) is 1.26. The van der Waals surface area contributed by atoms with E-state index >= 15 is 0 Å². The summed E-state index contributed by atoms with van der Waals surface area (Å²) in [6.07, 6.45) is 0.349. The van der Waals surface area contributed by atoms with Gasteiger partial charge in [-0.2, -0.15) is 0 Å². The first kappa shape index (κ1) is 29.0. The SMILES string of the molecule is CCC1=C(C2(NC(=O)C(=O)c3c(C)c(C(=O)Nc4cc(F)c(F)c(F)c4)c4n3CCC4)CCC(F)(F)C2)SC=NC1. The number of hydrogen-bond acceptors (Lipinski definition) is 5. The van der Waals surface area contributed by atoms with Crippen LogP contribution in [0.1, 0.15) is 71.1 Å². The van der Waals surface area contributed by atoms with E-state index in [0.717, 1.165) is 5.57 Å². The smallest absolute Gasteiger partial charge is 0.294 e. The number of halogens is 5. The summed E-state index contributed by atoms with van der Waals surface area (Å²) < 4.78 is 71.5. The topological polar surface area (TPSA) is 92.6 Å². The van der Waals surface area contributed by atoms with Crippen LogP contribution in [0.25, 0.3) is 0 Å². The van der Waals surface area contributed by atoms with Gasteiger partial charge in [-0.05, 0) is 43.7 Å². The average Bonchev–Trinajstić information content (AvgIpc) is 3.58. The van der Waals surface area contributed by atoms with Gasteiger partial charge < -0.3 is 15.2 Å². The summed E-state index contributed by atoms with van der Waals surface area (Å²) in [7, 11) is 0. The van der Waals surface area contributed by atoms with Gasteiger partial charge in [-0.1, -0.05) is 18.7 Å². The van der Waals surface area contributed by atoms with Crippen LogP contribution < -0.4 is 10.6 Å². The van der Waals surface area contributed by atoms with Gasteiger partial charge in [-0.25, -0.2) is 22.0 Å². The van der Waals surface area contributed by atoms with E-state index in [1.807, 2.05) is 6.92 Å². The van der Waals surface area contributed by atoms with Gasteiger partial charge in [0.25, 0.3) is 23.5 Å². The molecule has 0 spiro atoms. The maximum absolute atomic E-state index is 14.6. The number of carbonyl (C=O) groups excluding carboxylic acids is 3. The fraction of sp³-hybridized carbons (Fsp3) is 0.429. The number of nitrogens with zero attached hydrogens (tertiary/aromatic N) is 2. The summed E-state index contributed by atoms with van der Waals surface area (Å²) in [5, 5.41) is 4.99. The number of ketones is 1. The quantitative estimate of drug-likeness (QED) is 0.186. The van der Waals surface area contributed by atoms with Gasteiger partial charge in [-0.15, -0.1) is 0 Å². The molecule has 0 saturated heterocycles. The molecule has 5 rings (SSSR count). The summed E-state index contributed by atoms with van der Waals surface area (Å²) in [6.45, 7) is 4.00. The molecule has 1 fully saturated rings. The summed E-state index contributed by atoms with van der Waals surface area (Å²) in [5.41, 5.74) is 1.22. The van der Waals surface area contributed by atoms with Crippen LogP contribution in [-0.2, 0) is 17.8 Å². The van der Waals surface area contributed by atoms with Crippen molar-refractivity contribution in [3.8, 4) is 0 Å². The Balaban J connectivity index is 1.47. The lowest BCUT2D eigenvalue weighted by Crippen LogP contribution is -2.51. The van der Waals surface area contributed by atoms with E-state index in [-0.39, 0.29) is 28.9 Å². The third kappa shape index (κ3) is 5.20. The Morgan fingerprint density at radius 1 is 1.12 bits per heavy atom. The second-order valence-electron chi connectivity index (χ2n) is 10.5. The Bertz CT molecular complexity index is 1510. The van der Waals surface area contributed by atoms with Crippen molar-refractivity contribution < 1.29 is 36.3 Å². The predicted octanol–water partition coefficient (Wildman–Crippen LogP) is 5.71. The predicted molar refractivity (Wildman–Crippen MR) is 144 cm³/mol. The number of amides is 2. The summed E-state index contributed by atoms with van der Waals surface area (Å²) in [4.78, 5) is 45.1. The van der Waals surface area contributed by atoms with E-state index in [0.29, 0.717) is 55.1 Å². The average molecular weight is 595 g/mol. The van der Waals surface area contributed by atoms with Gasteiger partial charge in [0.2, 0.25) is 0 Å². The van der Waals surface area contributed by atoms with Gasteiger partial charge in [0.1, 0.15) is 0 Å². The molecule has 1 aromatic heterocycles. The Labute approximate surface area is 236 Å². The standard InChI is InChI=1S/C28H27F5N4O3S/c1-3-15-11-34-13-41-24(15)27(6-7-28(32,33)12-27)36-26(40)23(38)22-14(2)20(19-5-4-8-37(19)22)25(39)35-16-9-17(29)21(31)18(30)10-16/h9-10,13H,3-8,11-12H2,1-2H3,(H,35,39)(H,36,40). The normalized spacial score (nSPS) is 21.2. The Hall–Kier alpha value is -3.48. The second-order valence-corrected chi connectivity index (χ2v) is 11.4. The van der Waals surface area contributed by atoms with Crippen LogP contribution in [-0.4, -0.2) is 45.7 Å². The van der Waals surface area contributed by atoms with Crippen LogP contribution in [0.4, 0.5) is 27.6 Å². The minimum atomic E-state index is -3.03. The Morgan fingerprint density at radius 3 is 2.46 bits per heavy atom. The number of rotatable bonds is 7. The third-order valence-electron chi connectivity index (χ3n) is 7.84. The fourth-order valence-electron chi connectivity index (χ4n) is 6.00. The molecular weight excluding hydrogens is 567 g/mol. The lowest BCUT2D eigenvalue weighted by molar-refractivity contribution is -0.118. The van der Waals surface area contributed by atoms with Crippen LogP contribution >= 0.6 is 11.8 Å². The van der Waals surface area contributed by atoms with Crippen molar-refractivity contribution >= 4 is 40.6 Å². The first-order chi connectivity index (χ1) is 19.4. The molecule has 1 atom stereocenters. The Morgan fingerprint density at radius 2 is 1.83 bits per heavy atom. The molecule has 1 unspecified atom stereocenters. The zero-order valence-electron chi connectivity index (χ0n) is 22.3. The lowest BCUT2D eigenvalue weighted by atomic mass is 9.91. The molecule has 2 amide bonds. The summed E-state index contributed by atoms with van der Waals surface area (Å²) >= 11 is 1.17. The third-order valence-corrected chi connectivity index (χ3v) is 9.01. The highest BCUT2D eigenvalue weighted by Crippen LogP contribution is 2.50. The molecule has 13 heteroatoms. The van der Waals surface area contributed by atoms with E-state index in [4.69, 9.17) is 0 Å². The van der Waals surface area contributed by atoms with Crippen molar-refractivity contribution in [2.24, 2.45) is 4.99 Å². The fourth-order valence-corrected chi connectivity index (χ4v) is 7.08. The van der Waals surface area contributed by atoms with Crippen molar-refractivity contribution in [2.75, 3.05) is 11.9 Å². The first-order valence-corrected chi connectivity index (χ1v) is 14.1. The number of hydrogen-bond donors (Lipinski definition) is 2. The molecule has 2 N–H and O–H groups in total. The minimum Gasteiger partial charge on any atom is -0.341 e. The molecule has 2 aliphatic heterocycles. The first-order valence-electron chi connectivity index (χ1n) is 13.2. The lowest BCUT2D eigenvalue weighted by Gasteiger charge is -2.35. The maximum Gasteiger partial charge on any atom is 0.294 e. The zero-order chi connectivity index (χ0) is 29.7. The van der Waals surface area contributed by atoms with E-state index in [1.165, 1.54) is 18.7 Å². The van der Waals surface area contributed by atoms with Crippen LogP contribution in [0.5, 0.6) is 0 Å². The molecule has 0 bridgehead atoms. The molecule has 2 aromatic rings. The molecule has 3 aliphatic rings. The van der Waals surface area contributed by atoms with Crippen LogP contribution in [0.3, 0.4) is 0 Å². The number of carbonyl (C=O) groups is 3. The number of thioether (sulfide) groups is 1. The number of alkyl halides is 2. The van der Waals surface area contributed by atoms with Crippen LogP contribution in [0, 0.1) is 24.4 Å². The van der Waals surface area contributed by atoms with E-state index in [1.54, 1.807) is 10.1 Å². The van der Waals surface area contributed by atoms with E-state index in [9.17, 15) is 36.3 Å². The highest BCUT2D eigenvalue weighted by molar-refractivity contribution is 8.15. The monoisotopic (exact) mass is 594 g/mol. The molecule has 218 valence electrons. The minimum absolute atomic E-state index is 0.0532. The van der Waals surface area contributed by atoms with Crippen molar-refractivity contribution in [3.05, 3.63) is 62.6 Å². The highest BCUT2D eigenvalue weighted by Gasteiger charge is 2.54. The van der Waals surface area contributed by atoms with Crippen molar-refractivity contribution in [2.45, 2.75) is 70.4 Å². The largest absolute Gasteiger partial charge is 0.341 e. The van der Waals surface area contributed by atoms with Crippen LogP contribution in [0.15, 0.2) is 27.6 Å². The molecule has 7 nitrogen and oxygen atoms in total. The number of nitrogens with one attached hydrogen (secondary N) is 2. The van der Waals surface area contributed by atoms with Crippen LogP contribution in [0.2, 0.25) is 0 Å². The van der Waals surface area contributed by atoms with Gasteiger partial charge in [0, 0.05) is 47.8 Å². The second kappa shape index (κ2) is 10.7. The maximum atomic E-state index is 14.6. The number of fused-ring (bicyclic) bond motifs is 1. The van der Waals surface area contributed by atoms with Gasteiger partial charge >= 0.3 is 0 Å². The van der Waals surface area contributed by atoms with Gasteiger partial charge in [0.05, 0.1) is 28.9 Å². The molecule has 41 heavy (non-hydrogen) atoms. The summed E-state index contributed by atoms with van der Waals surface area (Å²) in [5.74, 6) is -10.5. The van der Waals surface area contributed by atoms with E-state index < -0.39 is 59.4 Å². The molecule has 3 heterocycles. The molecule has 1 saturated carbocycles. The molecule has 0 radical (unpaired) electrons. The van der Waals surface area contributed by atoms with Crippen molar-refractivity contribution in [1.82, 2.24) is 9.88 Å². The van der Waals surface area contributed by atoms with Crippen molar-refractivity contribution in [1.29, 1.82) is 0 Å². The number of Topliss-reactive ketones (excluding diaryl/α,β-unsaturated/α-hetero) is 1. The number of anilines is 1. The molecular formula is C28H27F5N4O3S. The number of benzene rings is 1. The van der Waals surface area contributed by atoms with E-state index in [2.05, 4.69) is 15.6 Å².